The first-order chi connectivity index (χ1) is 10.3. The van der Waals surface area contributed by atoms with Crippen LogP contribution in [0.3, 0.4) is 0 Å². The molecule has 0 radical (unpaired) electrons. The van der Waals surface area contributed by atoms with Crippen molar-refractivity contribution in [3.05, 3.63) is 29.8 Å². The van der Waals surface area contributed by atoms with Crippen LogP contribution in [0.25, 0.3) is 0 Å². The second-order valence-electron chi connectivity index (χ2n) is 5.49. The SMILES string of the molecule is CC1CCN(C(=O)CSc2cccc(C(F)(F)F)c2)CC1O. The monoisotopic (exact) mass is 333 g/mol. The predicted octanol–water partition coefficient (Wildman–Crippen LogP) is 3.03. The lowest BCUT2D eigenvalue weighted by Gasteiger charge is -2.34. The molecule has 22 heavy (non-hydrogen) atoms. The highest BCUT2D eigenvalue weighted by molar-refractivity contribution is 8.00. The Morgan fingerprint density at radius 1 is 1.45 bits per heavy atom. The van der Waals surface area contributed by atoms with Gasteiger partial charge in [0.1, 0.15) is 0 Å². The summed E-state index contributed by atoms with van der Waals surface area (Å²) in [6.45, 7) is 2.81. The van der Waals surface area contributed by atoms with E-state index in [1.165, 1.54) is 6.07 Å². The van der Waals surface area contributed by atoms with Crippen molar-refractivity contribution in [2.75, 3.05) is 18.8 Å². The molecule has 1 aliphatic rings. The van der Waals surface area contributed by atoms with Crippen LogP contribution in [-0.2, 0) is 11.0 Å². The van der Waals surface area contributed by atoms with Gasteiger partial charge in [0.2, 0.25) is 5.91 Å². The van der Waals surface area contributed by atoms with E-state index < -0.39 is 17.8 Å². The zero-order valence-corrected chi connectivity index (χ0v) is 13.0. The number of aliphatic hydroxyl groups excluding tert-OH is 1. The summed E-state index contributed by atoms with van der Waals surface area (Å²) in [6.07, 6.45) is -4.18. The van der Waals surface area contributed by atoms with Crippen molar-refractivity contribution >= 4 is 17.7 Å². The van der Waals surface area contributed by atoms with Gasteiger partial charge in [0.05, 0.1) is 17.4 Å². The third kappa shape index (κ3) is 4.39. The molecule has 0 bridgehead atoms. The number of piperidine rings is 1. The van der Waals surface area contributed by atoms with Crippen molar-refractivity contribution in [3.63, 3.8) is 0 Å². The van der Waals surface area contributed by atoms with Gasteiger partial charge in [-0.1, -0.05) is 13.0 Å². The van der Waals surface area contributed by atoms with E-state index in [1.54, 1.807) is 11.0 Å². The van der Waals surface area contributed by atoms with Gasteiger partial charge in [-0.15, -0.1) is 11.8 Å². The smallest absolute Gasteiger partial charge is 0.391 e. The quantitative estimate of drug-likeness (QED) is 0.865. The van der Waals surface area contributed by atoms with Crippen LogP contribution in [0.15, 0.2) is 29.2 Å². The molecule has 3 nitrogen and oxygen atoms in total. The Morgan fingerprint density at radius 3 is 2.82 bits per heavy atom. The van der Waals surface area contributed by atoms with E-state index in [2.05, 4.69) is 0 Å². The molecular weight excluding hydrogens is 315 g/mol. The number of β-amino-alcohol motifs (C(OH)–C–C–N with tert-alkyl or cyclic N) is 1. The molecule has 1 aromatic rings. The third-order valence-electron chi connectivity index (χ3n) is 3.80. The van der Waals surface area contributed by atoms with E-state index in [-0.39, 0.29) is 17.6 Å². The van der Waals surface area contributed by atoms with Gasteiger partial charge >= 0.3 is 6.18 Å². The first-order valence-electron chi connectivity index (χ1n) is 7.03. The number of carbonyl (C=O) groups excluding carboxylic acids is 1. The van der Waals surface area contributed by atoms with E-state index in [0.717, 1.165) is 30.3 Å². The fourth-order valence-electron chi connectivity index (χ4n) is 2.27. The van der Waals surface area contributed by atoms with Crippen molar-refractivity contribution < 1.29 is 23.1 Å². The molecule has 122 valence electrons. The molecule has 2 rings (SSSR count). The first-order valence-corrected chi connectivity index (χ1v) is 8.02. The zero-order chi connectivity index (χ0) is 16.3. The highest BCUT2D eigenvalue weighted by Crippen LogP contribution is 2.32. The second-order valence-corrected chi connectivity index (χ2v) is 6.54. The number of hydrogen-bond acceptors (Lipinski definition) is 3. The van der Waals surface area contributed by atoms with E-state index in [4.69, 9.17) is 0 Å². The molecule has 1 amide bonds. The minimum Gasteiger partial charge on any atom is -0.391 e. The van der Waals surface area contributed by atoms with Gasteiger partial charge in [0.25, 0.3) is 0 Å². The largest absolute Gasteiger partial charge is 0.416 e. The molecule has 2 atom stereocenters. The number of amides is 1. The van der Waals surface area contributed by atoms with Crippen molar-refractivity contribution in [3.8, 4) is 0 Å². The Labute approximate surface area is 131 Å². The van der Waals surface area contributed by atoms with Crippen LogP contribution in [0.4, 0.5) is 13.2 Å². The number of rotatable bonds is 3. The standard InChI is InChI=1S/C15H18F3NO2S/c1-10-5-6-19(8-13(10)20)14(21)9-22-12-4-2-3-11(7-12)15(16,17)18/h2-4,7,10,13,20H,5-6,8-9H2,1H3. The second kappa shape index (κ2) is 6.91. The number of nitrogens with zero attached hydrogens (tertiary/aromatic N) is 1. The molecule has 1 aliphatic heterocycles. The number of thioether (sulfide) groups is 1. The molecular formula is C15H18F3NO2S. The maximum Gasteiger partial charge on any atom is 0.416 e. The van der Waals surface area contributed by atoms with Gasteiger partial charge in [0.15, 0.2) is 0 Å². The van der Waals surface area contributed by atoms with Crippen molar-refractivity contribution in [1.82, 2.24) is 4.90 Å². The molecule has 1 saturated heterocycles. The molecule has 0 aliphatic carbocycles. The Morgan fingerprint density at radius 2 is 2.18 bits per heavy atom. The Balaban J connectivity index is 1.91. The van der Waals surface area contributed by atoms with E-state index in [0.29, 0.717) is 18.0 Å². The summed E-state index contributed by atoms with van der Waals surface area (Å²) >= 11 is 1.08. The highest BCUT2D eigenvalue weighted by atomic mass is 32.2. The average Bonchev–Trinajstić information content (AvgIpc) is 2.47. The van der Waals surface area contributed by atoms with Crippen LogP contribution >= 0.6 is 11.8 Å². The average molecular weight is 333 g/mol. The van der Waals surface area contributed by atoms with Crippen molar-refractivity contribution in [1.29, 1.82) is 0 Å². The van der Waals surface area contributed by atoms with E-state index in [9.17, 15) is 23.1 Å². The van der Waals surface area contributed by atoms with Crippen LogP contribution in [0.1, 0.15) is 18.9 Å². The molecule has 7 heteroatoms. The summed E-state index contributed by atoms with van der Waals surface area (Å²) in [6, 6.07) is 4.95. The lowest BCUT2D eigenvalue weighted by Crippen LogP contribution is -2.46. The number of halogens is 3. The summed E-state index contributed by atoms with van der Waals surface area (Å²) in [5.41, 5.74) is -0.716. The molecule has 1 fully saturated rings. The maximum absolute atomic E-state index is 12.6. The van der Waals surface area contributed by atoms with Gasteiger partial charge in [0, 0.05) is 18.0 Å². The Hall–Kier alpha value is -1.21. The summed E-state index contributed by atoms with van der Waals surface area (Å²) < 4.78 is 37.9. The topological polar surface area (TPSA) is 40.5 Å². The number of aliphatic hydroxyl groups is 1. The number of benzene rings is 1. The fourth-order valence-corrected chi connectivity index (χ4v) is 3.13. The number of carbonyl (C=O) groups is 1. The van der Waals surface area contributed by atoms with Gasteiger partial charge < -0.3 is 10.0 Å². The molecule has 0 aromatic heterocycles. The Kier molecular flexibility index (Phi) is 5.39. The summed E-state index contributed by atoms with van der Waals surface area (Å²) in [4.78, 5) is 14.1. The third-order valence-corrected chi connectivity index (χ3v) is 4.77. The molecule has 0 saturated carbocycles. The van der Waals surface area contributed by atoms with Crippen LogP contribution in [0.2, 0.25) is 0 Å². The Bertz CT molecular complexity index is 536. The number of likely N-dealkylation sites (tertiary alicyclic amines) is 1. The van der Waals surface area contributed by atoms with Crippen LogP contribution in [0, 0.1) is 5.92 Å². The minimum absolute atomic E-state index is 0.0718. The molecule has 1 N–H and O–H groups in total. The van der Waals surface area contributed by atoms with Gasteiger partial charge in [-0.25, -0.2) is 0 Å². The molecule has 1 aromatic carbocycles. The number of alkyl halides is 3. The lowest BCUT2D eigenvalue weighted by molar-refractivity contribution is -0.137. The zero-order valence-electron chi connectivity index (χ0n) is 12.1. The van der Waals surface area contributed by atoms with Crippen molar-refractivity contribution in [2.45, 2.75) is 30.5 Å². The van der Waals surface area contributed by atoms with Gasteiger partial charge in [-0.2, -0.15) is 13.2 Å². The van der Waals surface area contributed by atoms with Crippen LogP contribution in [-0.4, -0.2) is 40.9 Å². The number of hydrogen-bond donors (Lipinski definition) is 1. The van der Waals surface area contributed by atoms with Crippen LogP contribution < -0.4 is 0 Å². The molecule has 0 spiro atoms. The summed E-state index contributed by atoms with van der Waals surface area (Å²) in [5.74, 6) is 0.0797. The highest BCUT2D eigenvalue weighted by Gasteiger charge is 2.31. The fraction of sp³-hybridized carbons (Fsp3) is 0.533. The van der Waals surface area contributed by atoms with E-state index >= 15 is 0 Å². The van der Waals surface area contributed by atoms with Gasteiger partial charge in [-0.05, 0) is 30.5 Å². The van der Waals surface area contributed by atoms with E-state index in [1.807, 2.05) is 6.92 Å². The molecule has 2 unspecified atom stereocenters. The minimum atomic E-state index is -4.38. The molecule has 1 heterocycles. The first kappa shape index (κ1) is 17.1. The van der Waals surface area contributed by atoms with Crippen LogP contribution in [0.5, 0.6) is 0 Å². The normalized spacial score (nSPS) is 22.7. The summed E-state index contributed by atoms with van der Waals surface area (Å²) in [5, 5.41) is 9.78. The maximum atomic E-state index is 12.6. The summed E-state index contributed by atoms with van der Waals surface area (Å²) in [7, 11) is 0. The van der Waals surface area contributed by atoms with Gasteiger partial charge in [-0.3, -0.25) is 4.79 Å². The van der Waals surface area contributed by atoms with Crippen molar-refractivity contribution in [2.24, 2.45) is 5.92 Å². The predicted molar refractivity (Wildman–Crippen MR) is 78.5 cm³/mol. The lowest BCUT2D eigenvalue weighted by atomic mass is 9.96.